The molecule has 1 N–H and O–H groups in total. The molecule has 0 saturated heterocycles. The van der Waals surface area contributed by atoms with Crippen molar-refractivity contribution in [2.24, 2.45) is 0 Å². The minimum Gasteiger partial charge on any atom is -0.449 e. The number of nitro benzene ring substituents is 1. The number of amides is 1. The number of halogens is 2. The topological polar surface area (TPSA) is 98.5 Å². The van der Waals surface area contributed by atoms with Gasteiger partial charge in [-0.3, -0.25) is 14.9 Å². The Balaban J connectivity index is 2.08. The van der Waals surface area contributed by atoms with Crippen LogP contribution in [0.3, 0.4) is 0 Å². The number of rotatable bonds is 5. The van der Waals surface area contributed by atoms with Gasteiger partial charge in [0.05, 0.1) is 21.2 Å². The van der Waals surface area contributed by atoms with Gasteiger partial charge in [-0.2, -0.15) is 0 Å². The van der Waals surface area contributed by atoms with Crippen molar-refractivity contribution in [3.05, 3.63) is 67.6 Å². The van der Waals surface area contributed by atoms with Gasteiger partial charge < -0.3 is 10.1 Å². The van der Waals surface area contributed by atoms with Crippen molar-refractivity contribution in [3.63, 3.8) is 0 Å². The Kier molecular flexibility index (Phi) is 6.11. The van der Waals surface area contributed by atoms with E-state index in [0.29, 0.717) is 4.47 Å². The molecule has 0 aliphatic rings. The van der Waals surface area contributed by atoms with Crippen molar-refractivity contribution in [1.82, 2.24) is 0 Å². The number of non-ortho nitro benzene ring substituents is 1. The number of anilines is 1. The smallest absolute Gasteiger partial charge is 0.340 e. The van der Waals surface area contributed by atoms with Crippen molar-refractivity contribution < 1.29 is 19.2 Å². The Morgan fingerprint density at radius 3 is 2.60 bits per heavy atom. The summed E-state index contributed by atoms with van der Waals surface area (Å²) >= 11 is 9.15. The Hall–Kier alpha value is -2.45. The number of nitrogens with one attached hydrogen (secondary N) is 1. The van der Waals surface area contributed by atoms with Crippen LogP contribution in [0.15, 0.2) is 46.9 Å². The van der Waals surface area contributed by atoms with E-state index in [9.17, 15) is 19.7 Å². The van der Waals surface area contributed by atoms with E-state index < -0.39 is 22.9 Å². The molecule has 0 radical (unpaired) electrons. The number of ether oxygens (including phenoxy) is 1. The van der Waals surface area contributed by atoms with Crippen LogP contribution >= 0.6 is 27.5 Å². The summed E-state index contributed by atoms with van der Waals surface area (Å²) in [5.74, 6) is -1.34. The van der Waals surface area contributed by atoms with Gasteiger partial charge >= 0.3 is 5.97 Å². The van der Waals surface area contributed by atoms with Gasteiger partial charge in [0.15, 0.2) is 6.10 Å². The summed E-state index contributed by atoms with van der Waals surface area (Å²) in [7, 11) is 0. The predicted octanol–water partition coefficient (Wildman–Crippen LogP) is 4.19. The molecular formula is C16H12BrClN2O5. The van der Waals surface area contributed by atoms with E-state index in [2.05, 4.69) is 21.2 Å². The fourth-order valence-corrected chi connectivity index (χ4v) is 2.47. The minimum atomic E-state index is -1.13. The first-order chi connectivity index (χ1) is 11.8. The highest BCUT2D eigenvalue weighted by atomic mass is 79.9. The van der Waals surface area contributed by atoms with Gasteiger partial charge in [-0.05, 0) is 41.1 Å². The van der Waals surface area contributed by atoms with E-state index in [-0.39, 0.29) is 22.0 Å². The number of hydrogen-bond donors (Lipinski definition) is 1. The van der Waals surface area contributed by atoms with Gasteiger partial charge in [0.2, 0.25) is 0 Å². The summed E-state index contributed by atoms with van der Waals surface area (Å²) in [5.41, 5.74) is 0.109. The summed E-state index contributed by atoms with van der Waals surface area (Å²) in [6.07, 6.45) is -1.13. The minimum absolute atomic E-state index is 0.0599. The second-order valence-corrected chi connectivity index (χ2v) is 6.20. The molecule has 0 heterocycles. The zero-order valence-corrected chi connectivity index (χ0v) is 15.2. The molecule has 0 spiro atoms. The summed E-state index contributed by atoms with van der Waals surface area (Å²) in [6.45, 7) is 1.38. The van der Waals surface area contributed by atoms with Crippen molar-refractivity contribution in [1.29, 1.82) is 0 Å². The lowest BCUT2D eigenvalue weighted by molar-refractivity contribution is -0.384. The molecule has 9 heteroatoms. The number of carbonyl (C=O) groups is 2. The summed E-state index contributed by atoms with van der Waals surface area (Å²) < 4.78 is 5.65. The number of nitrogens with zero attached hydrogens (tertiary/aromatic N) is 1. The van der Waals surface area contributed by atoms with Gasteiger partial charge in [-0.25, -0.2) is 4.79 Å². The third-order valence-electron chi connectivity index (χ3n) is 3.17. The van der Waals surface area contributed by atoms with Gasteiger partial charge in [0, 0.05) is 16.6 Å². The molecular weight excluding hydrogens is 416 g/mol. The van der Waals surface area contributed by atoms with Crippen LogP contribution < -0.4 is 5.32 Å². The Labute approximate surface area is 156 Å². The average molecular weight is 428 g/mol. The van der Waals surface area contributed by atoms with E-state index in [1.807, 2.05) is 0 Å². The van der Waals surface area contributed by atoms with Crippen LogP contribution in [0.5, 0.6) is 0 Å². The first-order valence-corrected chi connectivity index (χ1v) is 8.17. The number of nitro groups is 1. The van der Waals surface area contributed by atoms with Crippen LogP contribution in [-0.2, 0) is 9.53 Å². The highest BCUT2D eigenvalue weighted by Gasteiger charge is 2.21. The Bertz CT molecular complexity index is 843. The number of benzene rings is 2. The molecule has 1 atom stereocenters. The molecule has 2 rings (SSSR count). The van der Waals surface area contributed by atoms with Crippen molar-refractivity contribution in [3.8, 4) is 0 Å². The highest BCUT2D eigenvalue weighted by Crippen LogP contribution is 2.27. The van der Waals surface area contributed by atoms with Gasteiger partial charge in [-0.15, -0.1) is 0 Å². The van der Waals surface area contributed by atoms with Crippen molar-refractivity contribution >= 4 is 50.8 Å². The molecule has 0 aliphatic carbocycles. The average Bonchev–Trinajstić information content (AvgIpc) is 2.56. The summed E-state index contributed by atoms with van der Waals surface area (Å²) in [6, 6.07) is 10.3. The summed E-state index contributed by atoms with van der Waals surface area (Å²) in [4.78, 5) is 34.5. The lowest BCUT2D eigenvalue weighted by Gasteiger charge is -2.14. The normalized spacial score (nSPS) is 11.5. The molecule has 1 unspecified atom stereocenters. The fraction of sp³-hybridized carbons (Fsp3) is 0.125. The molecule has 25 heavy (non-hydrogen) atoms. The molecule has 2 aromatic carbocycles. The molecule has 0 aliphatic heterocycles. The zero-order valence-electron chi connectivity index (χ0n) is 12.9. The third kappa shape index (κ3) is 4.77. The first kappa shape index (κ1) is 18.9. The standard InChI is InChI=1S/C16H12BrClN2O5/c1-9(25-16(22)11-4-2-3-5-12(11)17)15(21)19-14-8-10(20(23)24)6-7-13(14)18/h2-9H,1H3,(H,19,21). The van der Waals surface area contributed by atoms with Gasteiger partial charge in [0.1, 0.15) is 0 Å². The Morgan fingerprint density at radius 1 is 1.28 bits per heavy atom. The molecule has 1 amide bonds. The lowest BCUT2D eigenvalue weighted by Crippen LogP contribution is -2.30. The molecule has 2 aromatic rings. The Morgan fingerprint density at radius 2 is 1.96 bits per heavy atom. The van der Waals surface area contributed by atoms with Gasteiger partial charge in [0.25, 0.3) is 11.6 Å². The maximum atomic E-state index is 12.2. The SMILES string of the molecule is CC(OC(=O)c1ccccc1Br)C(=O)Nc1cc([N+](=O)[O-])ccc1Cl. The molecule has 130 valence electrons. The van der Waals surface area contributed by atoms with E-state index in [4.69, 9.17) is 16.3 Å². The number of carbonyl (C=O) groups excluding carboxylic acids is 2. The maximum absolute atomic E-state index is 12.2. The largest absolute Gasteiger partial charge is 0.449 e. The lowest BCUT2D eigenvalue weighted by atomic mass is 10.2. The maximum Gasteiger partial charge on any atom is 0.340 e. The van der Waals surface area contributed by atoms with E-state index in [1.54, 1.807) is 24.3 Å². The van der Waals surface area contributed by atoms with Crippen LogP contribution in [0.25, 0.3) is 0 Å². The van der Waals surface area contributed by atoms with E-state index >= 15 is 0 Å². The fourth-order valence-electron chi connectivity index (χ4n) is 1.86. The van der Waals surface area contributed by atoms with E-state index in [0.717, 1.165) is 6.07 Å². The van der Waals surface area contributed by atoms with Gasteiger partial charge in [-0.1, -0.05) is 23.7 Å². The second kappa shape index (κ2) is 8.09. The zero-order chi connectivity index (χ0) is 18.6. The second-order valence-electron chi connectivity index (χ2n) is 4.94. The third-order valence-corrected chi connectivity index (χ3v) is 4.19. The monoisotopic (exact) mass is 426 g/mol. The van der Waals surface area contributed by atoms with Crippen molar-refractivity contribution in [2.45, 2.75) is 13.0 Å². The summed E-state index contributed by atoms with van der Waals surface area (Å²) in [5, 5.41) is 13.3. The van der Waals surface area contributed by atoms with Crippen LogP contribution in [0.2, 0.25) is 5.02 Å². The van der Waals surface area contributed by atoms with Crippen LogP contribution in [0.1, 0.15) is 17.3 Å². The molecule has 0 saturated carbocycles. The van der Waals surface area contributed by atoms with Crippen LogP contribution in [0.4, 0.5) is 11.4 Å². The number of hydrogen-bond acceptors (Lipinski definition) is 5. The first-order valence-electron chi connectivity index (χ1n) is 7.00. The molecule has 0 bridgehead atoms. The molecule has 0 aromatic heterocycles. The quantitative estimate of drug-likeness (QED) is 0.438. The van der Waals surface area contributed by atoms with Crippen LogP contribution in [0, 0.1) is 10.1 Å². The molecule has 0 fully saturated rings. The van der Waals surface area contributed by atoms with Crippen molar-refractivity contribution in [2.75, 3.05) is 5.32 Å². The van der Waals surface area contributed by atoms with Crippen LogP contribution in [-0.4, -0.2) is 22.9 Å². The molecule has 7 nitrogen and oxygen atoms in total. The van der Waals surface area contributed by atoms with E-state index in [1.165, 1.54) is 19.1 Å². The highest BCUT2D eigenvalue weighted by molar-refractivity contribution is 9.10. The predicted molar refractivity (Wildman–Crippen MR) is 95.8 cm³/mol. The number of esters is 1.